The molecule has 112 valence electrons. The minimum atomic E-state index is -3.37. The molecule has 0 heterocycles. The van der Waals surface area contributed by atoms with Crippen LogP contribution in [0, 0.1) is 5.92 Å². The van der Waals surface area contributed by atoms with Crippen molar-refractivity contribution in [3.8, 4) is 0 Å². The normalized spacial score (nSPS) is 13.1. The van der Waals surface area contributed by atoms with Gasteiger partial charge in [-0.2, -0.15) is 0 Å². The van der Waals surface area contributed by atoms with Gasteiger partial charge in [-0.05, 0) is 31.0 Å². The van der Waals surface area contributed by atoms with Gasteiger partial charge in [0.05, 0.1) is 16.8 Å². The zero-order chi connectivity index (χ0) is 15.5. The summed E-state index contributed by atoms with van der Waals surface area (Å²) in [5.41, 5.74) is 0.643. The molecule has 0 bridgehead atoms. The fourth-order valence-electron chi connectivity index (χ4n) is 1.43. The van der Waals surface area contributed by atoms with E-state index in [0.717, 1.165) is 6.26 Å². The molecule has 0 saturated heterocycles. The van der Waals surface area contributed by atoms with Gasteiger partial charge in [0.1, 0.15) is 0 Å². The van der Waals surface area contributed by atoms with Crippen LogP contribution in [-0.2, 0) is 10.0 Å². The molecule has 0 saturated carbocycles. The average Bonchev–Trinajstić information content (AvgIpc) is 2.26. The van der Waals surface area contributed by atoms with E-state index in [9.17, 15) is 13.2 Å². The second-order valence-electron chi connectivity index (χ2n) is 5.08. The molecule has 1 rings (SSSR count). The summed E-state index contributed by atoms with van der Waals surface area (Å²) in [4.78, 5) is 12.0. The van der Waals surface area contributed by atoms with Crippen molar-refractivity contribution < 1.29 is 13.2 Å². The molecule has 0 aliphatic carbocycles. The number of carbonyl (C=O) groups is 1. The Labute approximate surface area is 124 Å². The molecule has 0 radical (unpaired) electrons. The highest BCUT2D eigenvalue weighted by Crippen LogP contribution is 2.22. The molecule has 1 amide bonds. The topological polar surface area (TPSA) is 75.3 Å². The Hall–Kier alpha value is -1.27. The van der Waals surface area contributed by atoms with Gasteiger partial charge in [0, 0.05) is 11.7 Å². The van der Waals surface area contributed by atoms with Crippen molar-refractivity contribution >= 4 is 33.2 Å². The fourth-order valence-corrected chi connectivity index (χ4v) is 2.25. The van der Waals surface area contributed by atoms with Crippen LogP contribution >= 0.6 is 11.6 Å². The molecule has 0 spiro atoms. The summed E-state index contributed by atoms with van der Waals surface area (Å²) in [6.45, 7) is 5.92. The molecular formula is C13H19ClN2O3S. The Balaban J connectivity index is 2.90. The summed E-state index contributed by atoms with van der Waals surface area (Å²) in [6.07, 6.45) is 1.05. The maximum Gasteiger partial charge on any atom is 0.253 e. The average molecular weight is 319 g/mol. The predicted molar refractivity (Wildman–Crippen MR) is 81.7 cm³/mol. The molecule has 0 aliphatic rings. The highest BCUT2D eigenvalue weighted by atomic mass is 35.5. The van der Waals surface area contributed by atoms with Crippen LogP contribution in [0.15, 0.2) is 18.2 Å². The van der Waals surface area contributed by atoms with Crippen molar-refractivity contribution in [2.75, 3.05) is 11.0 Å². The zero-order valence-corrected chi connectivity index (χ0v) is 13.5. The third kappa shape index (κ3) is 5.02. The predicted octanol–water partition coefficient (Wildman–Crippen LogP) is 2.49. The van der Waals surface area contributed by atoms with E-state index in [1.165, 1.54) is 18.2 Å². The molecule has 1 atom stereocenters. The number of benzene rings is 1. The van der Waals surface area contributed by atoms with Crippen molar-refractivity contribution in [2.24, 2.45) is 5.92 Å². The van der Waals surface area contributed by atoms with Crippen LogP contribution in [0.3, 0.4) is 0 Å². The Morgan fingerprint density at radius 3 is 2.30 bits per heavy atom. The molecule has 0 aliphatic heterocycles. The summed E-state index contributed by atoms with van der Waals surface area (Å²) in [7, 11) is -3.37. The molecule has 0 fully saturated rings. The number of sulfonamides is 1. The smallest absolute Gasteiger partial charge is 0.253 e. The number of anilines is 1. The summed E-state index contributed by atoms with van der Waals surface area (Å²) in [5, 5.41) is 3.04. The number of halogens is 1. The molecule has 5 nitrogen and oxygen atoms in total. The minimum Gasteiger partial charge on any atom is -0.349 e. The second kappa shape index (κ2) is 6.45. The Morgan fingerprint density at radius 2 is 1.85 bits per heavy atom. The molecule has 20 heavy (non-hydrogen) atoms. The van der Waals surface area contributed by atoms with E-state index < -0.39 is 10.0 Å². The third-order valence-electron chi connectivity index (χ3n) is 2.88. The number of hydrogen-bond acceptors (Lipinski definition) is 3. The van der Waals surface area contributed by atoms with Crippen LogP contribution in [0.2, 0.25) is 5.02 Å². The zero-order valence-electron chi connectivity index (χ0n) is 11.9. The number of nitrogens with one attached hydrogen (secondary N) is 2. The van der Waals surface area contributed by atoms with Gasteiger partial charge in [-0.15, -0.1) is 0 Å². The van der Waals surface area contributed by atoms with Crippen LogP contribution in [0.1, 0.15) is 31.1 Å². The molecule has 1 aromatic rings. The van der Waals surface area contributed by atoms with E-state index in [-0.39, 0.29) is 17.0 Å². The summed E-state index contributed by atoms with van der Waals surface area (Å²) in [5.74, 6) is 0.0333. The molecule has 2 N–H and O–H groups in total. The molecule has 1 aromatic carbocycles. The summed E-state index contributed by atoms with van der Waals surface area (Å²) < 4.78 is 24.5. The molecule has 1 unspecified atom stereocenters. The number of amides is 1. The van der Waals surface area contributed by atoms with Crippen molar-refractivity contribution in [3.63, 3.8) is 0 Å². The second-order valence-corrected chi connectivity index (χ2v) is 7.23. The highest BCUT2D eigenvalue weighted by molar-refractivity contribution is 7.92. The van der Waals surface area contributed by atoms with Crippen LogP contribution in [0.25, 0.3) is 0 Å². The van der Waals surface area contributed by atoms with E-state index in [1.54, 1.807) is 0 Å². The van der Waals surface area contributed by atoms with Crippen molar-refractivity contribution in [1.82, 2.24) is 5.32 Å². The van der Waals surface area contributed by atoms with E-state index in [0.29, 0.717) is 17.2 Å². The van der Waals surface area contributed by atoms with Gasteiger partial charge in [-0.3, -0.25) is 9.52 Å². The molecule has 7 heteroatoms. The van der Waals surface area contributed by atoms with Gasteiger partial charge >= 0.3 is 0 Å². The quantitative estimate of drug-likeness (QED) is 0.875. The van der Waals surface area contributed by atoms with E-state index in [1.807, 2.05) is 20.8 Å². The van der Waals surface area contributed by atoms with E-state index in [2.05, 4.69) is 10.0 Å². The number of rotatable bonds is 5. The van der Waals surface area contributed by atoms with Gasteiger partial charge in [-0.1, -0.05) is 25.4 Å². The van der Waals surface area contributed by atoms with Crippen LogP contribution in [0.4, 0.5) is 5.69 Å². The van der Waals surface area contributed by atoms with Crippen molar-refractivity contribution in [3.05, 3.63) is 28.8 Å². The van der Waals surface area contributed by atoms with Crippen LogP contribution in [-0.4, -0.2) is 26.6 Å². The summed E-state index contributed by atoms with van der Waals surface area (Å²) in [6, 6.07) is 4.44. The van der Waals surface area contributed by atoms with Crippen LogP contribution < -0.4 is 10.0 Å². The minimum absolute atomic E-state index is 0.0207. The first kappa shape index (κ1) is 16.8. The SMILES string of the molecule is CC(C)C(C)NC(=O)c1ccc(NS(C)(=O)=O)cc1Cl. The molecule has 0 aromatic heterocycles. The molecular weight excluding hydrogens is 300 g/mol. The van der Waals surface area contributed by atoms with Crippen LogP contribution in [0.5, 0.6) is 0 Å². The first-order valence-corrected chi connectivity index (χ1v) is 8.45. The van der Waals surface area contributed by atoms with Gasteiger partial charge in [0.2, 0.25) is 10.0 Å². The van der Waals surface area contributed by atoms with Gasteiger partial charge in [0.25, 0.3) is 5.91 Å². The van der Waals surface area contributed by atoms with Gasteiger partial charge in [0.15, 0.2) is 0 Å². The Morgan fingerprint density at radius 1 is 1.25 bits per heavy atom. The monoisotopic (exact) mass is 318 g/mol. The Bertz CT molecular complexity index is 600. The maximum absolute atomic E-state index is 12.0. The van der Waals surface area contributed by atoms with Crippen molar-refractivity contribution in [1.29, 1.82) is 0 Å². The third-order valence-corrected chi connectivity index (χ3v) is 3.79. The number of carbonyl (C=O) groups excluding carboxylic acids is 1. The highest BCUT2D eigenvalue weighted by Gasteiger charge is 2.15. The lowest BCUT2D eigenvalue weighted by Gasteiger charge is -2.18. The lowest BCUT2D eigenvalue weighted by Crippen LogP contribution is -2.36. The first-order valence-electron chi connectivity index (χ1n) is 6.18. The van der Waals surface area contributed by atoms with E-state index in [4.69, 9.17) is 11.6 Å². The van der Waals surface area contributed by atoms with E-state index >= 15 is 0 Å². The lowest BCUT2D eigenvalue weighted by atomic mass is 10.1. The van der Waals surface area contributed by atoms with Crippen molar-refractivity contribution in [2.45, 2.75) is 26.8 Å². The standard InChI is InChI=1S/C13H19ClN2O3S/c1-8(2)9(3)15-13(17)11-6-5-10(7-12(11)14)16-20(4,18)19/h5-9,16H,1-4H3,(H,15,17). The maximum atomic E-state index is 12.0. The largest absolute Gasteiger partial charge is 0.349 e. The Kier molecular flexibility index (Phi) is 5.42. The van der Waals surface area contributed by atoms with Gasteiger partial charge < -0.3 is 5.32 Å². The summed E-state index contributed by atoms with van der Waals surface area (Å²) >= 11 is 6.02. The fraction of sp³-hybridized carbons (Fsp3) is 0.462. The number of hydrogen-bond donors (Lipinski definition) is 2. The lowest BCUT2D eigenvalue weighted by molar-refractivity contribution is 0.0930. The first-order chi connectivity index (χ1) is 9.10. The van der Waals surface area contributed by atoms with Gasteiger partial charge in [-0.25, -0.2) is 8.42 Å².